The van der Waals surface area contributed by atoms with Gasteiger partial charge in [-0.1, -0.05) is 6.07 Å². The van der Waals surface area contributed by atoms with Crippen LogP contribution < -0.4 is 10.0 Å². The second-order valence-corrected chi connectivity index (χ2v) is 7.85. The zero-order chi connectivity index (χ0) is 22.9. The van der Waals surface area contributed by atoms with Crippen molar-refractivity contribution in [2.24, 2.45) is 0 Å². The van der Waals surface area contributed by atoms with E-state index < -0.39 is 52.4 Å². The molecule has 31 heavy (non-hydrogen) atoms. The maximum Gasteiger partial charge on any atom is 0.416 e. The first-order valence-electron chi connectivity index (χ1n) is 8.82. The van der Waals surface area contributed by atoms with Crippen LogP contribution in [-0.4, -0.2) is 21.7 Å². The largest absolute Gasteiger partial charge is 0.593 e. The number of nitrogens with one attached hydrogen (secondary N) is 2. The van der Waals surface area contributed by atoms with Crippen molar-refractivity contribution in [3.63, 3.8) is 0 Å². The van der Waals surface area contributed by atoms with Crippen molar-refractivity contribution in [1.82, 2.24) is 10.3 Å². The Labute approximate surface area is 177 Å². The van der Waals surface area contributed by atoms with Gasteiger partial charge in [0, 0.05) is 11.6 Å². The third-order valence-electron chi connectivity index (χ3n) is 4.43. The number of carbonyl (C=O) groups is 1. The van der Waals surface area contributed by atoms with Crippen molar-refractivity contribution in [3.8, 4) is 0 Å². The van der Waals surface area contributed by atoms with Crippen LogP contribution in [-0.2, 0) is 17.5 Å². The van der Waals surface area contributed by atoms with Crippen LogP contribution in [0.5, 0.6) is 0 Å². The van der Waals surface area contributed by atoms with E-state index in [1.165, 1.54) is 25.3 Å². The first-order chi connectivity index (χ1) is 14.5. The lowest BCUT2D eigenvalue weighted by atomic mass is 10.1. The predicted octanol–water partition coefficient (Wildman–Crippen LogP) is 4.73. The van der Waals surface area contributed by atoms with Crippen LogP contribution in [0.15, 0.2) is 42.6 Å². The molecule has 11 heteroatoms. The van der Waals surface area contributed by atoms with E-state index in [0.717, 1.165) is 30.5 Å². The SMILES string of the molecule is C[C@@H](NC(=O)c1cnc2cc(C(F)(F)F)ccc2c1)c1cc(F)c(N[S+](C)[O-])c(F)c1. The molecule has 0 bridgehead atoms. The Morgan fingerprint density at radius 2 is 1.77 bits per heavy atom. The van der Waals surface area contributed by atoms with Crippen LogP contribution >= 0.6 is 0 Å². The molecule has 164 valence electrons. The first-order valence-corrected chi connectivity index (χ1v) is 10.4. The number of benzene rings is 2. The zero-order valence-electron chi connectivity index (χ0n) is 16.2. The van der Waals surface area contributed by atoms with E-state index in [9.17, 15) is 31.3 Å². The monoisotopic (exact) mass is 457 g/mol. The van der Waals surface area contributed by atoms with Gasteiger partial charge in [0.05, 0.1) is 34.0 Å². The maximum absolute atomic E-state index is 14.1. The fourth-order valence-electron chi connectivity index (χ4n) is 2.87. The highest BCUT2D eigenvalue weighted by Crippen LogP contribution is 2.31. The molecule has 1 unspecified atom stereocenters. The highest BCUT2D eigenvalue weighted by molar-refractivity contribution is 7.92. The van der Waals surface area contributed by atoms with E-state index in [2.05, 4.69) is 15.0 Å². The van der Waals surface area contributed by atoms with Gasteiger partial charge in [0.15, 0.2) is 17.3 Å². The second kappa shape index (κ2) is 8.67. The van der Waals surface area contributed by atoms with Gasteiger partial charge in [0.25, 0.3) is 5.91 Å². The van der Waals surface area contributed by atoms with Crippen molar-refractivity contribution in [2.45, 2.75) is 19.1 Å². The van der Waals surface area contributed by atoms with Crippen molar-refractivity contribution >= 4 is 33.9 Å². The lowest BCUT2D eigenvalue weighted by molar-refractivity contribution is -0.137. The van der Waals surface area contributed by atoms with E-state index in [1.807, 2.05) is 0 Å². The van der Waals surface area contributed by atoms with Gasteiger partial charge in [0.2, 0.25) is 0 Å². The standard InChI is InChI=1S/C20H16F5N3O2S/c1-10(12-6-15(21)18(16(22)7-12)28-31(2)30)27-19(29)13-5-11-3-4-14(20(23,24)25)8-17(11)26-9-13/h3-10,28H,1-2H3,(H,27,29)/t10-,31?/m1/s1. The Balaban J connectivity index is 1.80. The lowest BCUT2D eigenvalue weighted by Gasteiger charge is -2.17. The molecule has 0 spiro atoms. The molecule has 3 aromatic rings. The molecule has 1 heterocycles. The number of anilines is 1. The molecule has 0 saturated heterocycles. The maximum atomic E-state index is 14.1. The molecule has 2 aromatic carbocycles. The highest BCUT2D eigenvalue weighted by atomic mass is 32.2. The Morgan fingerprint density at radius 1 is 1.13 bits per heavy atom. The molecule has 0 fully saturated rings. The number of amides is 1. The van der Waals surface area contributed by atoms with E-state index in [1.54, 1.807) is 0 Å². The Hall–Kier alpha value is -2.92. The predicted molar refractivity (Wildman–Crippen MR) is 107 cm³/mol. The topological polar surface area (TPSA) is 77.1 Å². The lowest BCUT2D eigenvalue weighted by Crippen LogP contribution is -2.27. The van der Waals surface area contributed by atoms with E-state index in [0.29, 0.717) is 5.39 Å². The smallest absolute Gasteiger partial charge is 0.416 e. The van der Waals surface area contributed by atoms with Gasteiger partial charge in [-0.15, -0.1) is 0 Å². The van der Waals surface area contributed by atoms with Gasteiger partial charge in [-0.2, -0.15) is 13.2 Å². The number of nitrogens with zero attached hydrogens (tertiary/aromatic N) is 1. The Kier molecular flexibility index (Phi) is 6.37. The summed E-state index contributed by atoms with van der Waals surface area (Å²) in [5, 5.41) is 2.88. The van der Waals surface area contributed by atoms with Crippen molar-refractivity contribution in [3.05, 3.63) is 70.9 Å². The van der Waals surface area contributed by atoms with Gasteiger partial charge in [-0.25, -0.2) is 13.5 Å². The molecule has 5 nitrogen and oxygen atoms in total. The molecular weight excluding hydrogens is 441 g/mol. The molecule has 1 aromatic heterocycles. The molecule has 2 atom stereocenters. The van der Waals surface area contributed by atoms with Gasteiger partial charge in [0.1, 0.15) is 6.26 Å². The van der Waals surface area contributed by atoms with Gasteiger partial charge >= 0.3 is 6.18 Å². The summed E-state index contributed by atoms with van der Waals surface area (Å²) in [4.78, 5) is 16.4. The molecule has 0 radical (unpaired) electrons. The fraction of sp³-hybridized carbons (Fsp3) is 0.200. The van der Waals surface area contributed by atoms with Gasteiger partial charge in [-0.3, -0.25) is 9.78 Å². The number of halogens is 5. The zero-order valence-corrected chi connectivity index (χ0v) is 17.0. The summed E-state index contributed by atoms with van der Waals surface area (Å²) in [7, 11) is 0. The van der Waals surface area contributed by atoms with Gasteiger partial charge in [-0.05, 0) is 42.8 Å². The molecule has 0 aliphatic carbocycles. The van der Waals surface area contributed by atoms with Crippen molar-refractivity contribution in [1.29, 1.82) is 0 Å². The normalized spacial score (nSPS) is 13.7. The minimum Gasteiger partial charge on any atom is -0.593 e. The number of hydrogen-bond acceptors (Lipinski definition) is 4. The van der Waals surface area contributed by atoms with Crippen LogP contribution in [0, 0.1) is 11.6 Å². The Bertz CT molecular complexity index is 1110. The molecule has 0 aliphatic rings. The summed E-state index contributed by atoms with van der Waals surface area (Å²) in [5.41, 5.74) is -1.13. The number of alkyl halides is 3. The molecule has 3 rings (SSSR count). The van der Waals surface area contributed by atoms with E-state index >= 15 is 0 Å². The number of fused-ring (bicyclic) bond motifs is 1. The highest BCUT2D eigenvalue weighted by Gasteiger charge is 2.30. The third-order valence-corrected chi connectivity index (χ3v) is 4.92. The Morgan fingerprint density at radius 3 is 2.35 bits per heavy atom. The second-order valence-electron chi connectivity index (χ2n) is 6.74. The van der Waals surface area contributed by atoms with Crippen molar-refractivity contribution < 1.29 is 31.3 Å². The minimum absolute atomic E-state index is 0.0692. The first kappa shape index (κ1) is 22.8. The summed E-state index contributed by atoms with van der Waals surface area (Å²) >= 11 is -1.68. The number of rotatable bonds is 5. The number of hydrogen-bond donors (Lipinski definition) is 2. The van der Waals surface area contributed by atoms with Crippen molar-refractivity contribution in [2.75, 3.05) is 11.0 Å². The van der Waals surface area contributed by atoms with Crippen LogP contribution in [0.4, 0.5) is 27.6 Å². The summed E-state index contributed by atoms with van der Waals surface area (Å²) in [6, 6.07) is 5.54. The van der Waals surface area contributed by atoms with E-state index in [4.69, 9.17) is 0 Å². The summed E-state index contributed by atoms with van der Waals surface area (Å²) in [5.74, 6) is -2.57. The average Bonchev–Trinajstić information content (AvgIpc) is 2.68. The molecule has 2 N–H and O–H groups in total. The molecular formula is C20H16F5N3O2S. The molecule has 0 saturated carbocycles. The fourth-order valence-corrected chi connectivity index (χ4v) is 3.35. The number of carbonyl (C=O) groups excluding carboxylic acids is 1. The minimum atomic E-state index is -4.51. The van der Waals surface area contributed by atoms with Crippen LogP contribution in [0.1, 0.15) is 34.5 Å². The molecule has 1 amide bonds. The average molecular weight is 457 g/mol. The number of aromatic nitrogens is 1. The van der Waals surface area contributed by atoms with Crippen LogP contribution in [0.25, 0.3) is 10.9 Å². The molecule has 0 aliphatic heterocycles. The summed E-state index contributed by atoms with van der Waals surface area (Å²) in [6.45, 7) is 1.50. The number of pyridine rings is 1. The van der Waals surface area contributed by atoms with Crippen LogP contribution in [0.3, 0.4) is 0 Å². The third kappa shape index (κ3) is 5.23. The summed E-state index contributed by atoms with van der Waals surface area (Å²) in [6.07, 6.45) is -2.17. The quantitative estimate of drug-likeness (QED) is 0.429. The van der Waals surface area contributed by atoms with E-state index in [-0.39, 0.29) is 16.6 Å². The van der Waals surface area contributed by atoms with Crippen LogP contribution in [0.2, 0.25) is 0 Å². The van der Waals surface area contributed by atoms with Gasteiger partial charge < -0.3 is 9.87 Å². The summed E-state index contributed by atoms with van der Waals surface area (Å²) < 4.78 is 80.0.